The van der Waals surface area contributed by atoms with Gasteiger partial charge in [-0.15, -0.1) is 0 Å². The lowest BCUT2D eigenvalue weighted by Gasteiger charge is -2.17. The quantitative estimate of drug-likeness (QED) is 0.506. The summed E-state index contributed by atoms with van der Waals surface area (Å²) in [5, 5.41) is 6.84. The Balaban J connectivity index is 1.67. The highest BCUT2D eigenvalue weighted by atomic mass is 35.5. The molecule has 2 amide bonds. The molecule has 0 saturated carbocycles. The fourth-order valence-electron chi connectivity index (χ4n) is 2.78. The first-order valence-electron chi connectivity index (χ1n) is 10.1. The third kappa shape index (κ3) is 7.96. The Morgan fingerprint density at radius 2 is 1.19 bits per heavy atom. The zero-order valence-electron chi connectivity index (χ0n) is 18.1. The van der Waals surface area contributed by atoms with Crippen LogP contribution in [0.1, 0.15) is 31.4 Å². The number of carbonyl (C=O) groups is 2. The number of aryl methyl sites for hydroxylation is 2. The van der Waals surface area contributed by atoms with Gasteiger partial charge < -0.3 is 20.1 Å². The summed E-state index contributed by atoms with van der Waals surface area (Å²) in [5.41, 5.74) is 1.72. The number of carbonyl (C=O) groups excluding carboxylic acids is 2. The molecular formula is C23H28Cl2N2O4. The zero-order chi connectivity index (χ0) is 23.0. The van der Waals surface area contributed by atoms with Crippen molar-refractivity contribution in [1.82, 2.24) is 10.6 Å². The number of amides is 2. The Morgan fingerprint density at radius 1 is 0.806 bits per heavy atom. The summed E-state index contributed by atoms with van der Waals surface area (Å²) < 4.78 is 11.4. The molecule has 0 aliphatic heterocycles. The third-order valence-electron chi connectivity index (χ3n) is 4.57. The smallest absolute Gasteiger partial charge is 0.260 e. The molecule has 0 radical (unpaired) electrons. The molecule has 8 heteroatoms. The van der Waals surface area contributed by atoms with Gasteiger partial charge >= 0.3 is 0 Å². The highest BCUT2D eigenvalue weighted by Gasteiger charge is 2.17. The van der Waals surface area contributed by atoms with Gasteiger partial charge in [0.2, 0.25) is 0 Å². The number of rotatable bonds is 10. The molecule has 0 spiro atoms. The molecule has 0 aliphatic rings. The summed E-state index contributed by atoms with van der Waals surface area (Å²) in [7, 11) is 0. The predicted molar refractivity (Wildman–Crippen MR) is 123 cm³/mol. The fraction of sp³-hybridized carbons (Fsp3) is 0.391. The van der Waals surface area contributed by atoms with Gasteiger partial charge in [0.25, 0.3) is 11.8 Å². The van der Waals surface area contributed by atoms with E-state index in [9.17, 15) is 9.59 Å². The van der Waals surface area contributed by atoms with Gasteiger partial charge in [0.05, 0.1) is 0 Å². The summed E-state index contributed by atoms with van der Waals surface area (Å²) in [6.07, 6.45) is -0.715. The lowest BCUT2D eigenvalue weighted by atomic mass is 10.2. The van der Waals surface area contributed by atoms with Crippen LogP contribution in [0.15, 0.2) is 36.4 Å². The molecule has 0 fully saturated rings. The van der Waals surface area contributed by atoms with Gasteiger partial charge in [-0.1, -0.05) is 23.2 Å². The van der Waals surface area contributed by atoms with Gasteiger partial charge in [0.1, 0.15) is 11.5 Å². The van der Waals surface area contributed by atoms with Crippen LogP contribution in [0.5, 0.6) is 11.5 Å². The van der Waals surface area contributed by atoms with E-state index in [0.29, 0.717) is 41.1 Å². The number of ether oxygens (including phenoxy) is 2. The summed E-state index contributed by atoms with van der Waals surface area (Å²) in [5.74, 6) is 0.777. The molecule has 2 unspecified atom stereocenters. The van der Waals surface area contributed by atoms with Crippen molar-refractivity contribution in [3.05, 3.63) is 57.6 Å². The van der Waals surface area contributed by atoms with Gasteiger partial charge in [-0.05, 0) is 81.6 Å². The van der Waals surface area contributed by atoms with E-state index in [0.717, 1.165) is 11.1 Å². The van der Waals surface area contributed by atoms with Gasteiger partial charge in [-0.2, -0.15) is 0 Å². The van der Waals surface area contributed by atoms with Crippen molar-refractivity contribution in [2.24, 2.45) is 0 Å². The maximum atomic E-state index is 12.2. The number of halogens is 2. The highest BCUT2D eigenvalue weighted by molar-refractivity contribution is 6.31. The first-order chi connectivity index (χ1) is 14.7. The lowest BCUT2D eigenvalue weighted by Crippen LogP contribution is -2.40. The van der Waals surface area contributed by atoms with E-state index in [1.54, 1.807) is 50.2 Å². The Morgan fingerprint density at radius 3 is 1.55 bits per heavy atom. The standard InChI is InChI=1S/C23H28Cl2N2O4/c1-14-12-18(24)6-8-20(14)30-16(3)22(28)26-10-5-11-27-23(29)17(4)31-21-9-7-19(25)13-15(21)2/h6-9,12-13,16-17H,5,10-11H2,1-4H3,(H,26,28)(H,27,29). The Labute approximate surface area is 193 Å². The minimum Gasteiger partial charge on any atom is -0.481 e. The molecule has 2 N–H and O–H groups in total. The predicted octanol–water partition coefficient (Wildman–Crippen LogP) is 4.47. The van der Waals surface area contributed by atoms with Crippen LogP contribution < -0.4 is 20.1 Å². The first kappa shape index (κ1) is 24.8. The lowest BCUT2D eigenvalue weighted by molar-refractivity contribution is -0.127. The minimum atomic E-state index is -0.648. The molecular weight excluding hydrogens is 439 g/mol. The molecule has 0 saturated heterocycles. The second-order valence-electron chi connectivity index (χ2n) is 7.28. The van der Waals surface area contributed by atoms with Gasteiger partial charge in [-0.3, -0.25) is 9.59 Å². The van der Waals surface area contributed by atoms with Crippen LogP contribution in [0.25, 0.3) is 0 Å². The third-order valence-corrected chi connectivity index (χ3v) is 5.04. The molecule has 0 aliphatic carbocycles. The van der Waals surface area contributed by atoms with Crippen LogP contribution in [0.2, 0.25) is 10.0 Å². The topological polar surface area (TPSA) is 76.7 Å². The molecule has 2 aromatic rings. The van der Waals surface area contributed by atoms with Crippen LogP contribution in [0, 0.1) is 13.8 Å². The van der Waals surface area contributed by atoms with Crippen molar-refractivity contribution in [1.29, 1.82) is 0 Å². The van der Waals surface area contributed by atoms with E-state index in [2.05, 4.69) is 10.6 Å². The largest absolute Gasteiger partial charge is 0.481 e. The Kier molecular flexibility index (Phi) is 9.46. The van der Waals surface area contributed by atoms with Crippen LogP contribution in [-0.4, -0.2) is 37.1 Å². The van der Waals surface area contributed by atoms with E-state index in [4.69, 9.17) is 32.7 Å². The van der Waals surface area contributed by atoms with Crippen LogP contribution >= 0.6 is 23.2 Å². The first-order valence-corrected chi connectivity index (χ1v) is 10.8. The molecule has 168 valence electrons. The Hall–Kier alpha value is -2.44. The average Bonchev–Trinajstić information content (AvgIpc) is 2.71. The van der Waals surface area contributed by atoms with E-state index in [1.807, 2.05) is 13.8 Å². The molecule has 31 heavy (non-hydrogen) atoms. The monoisotopic (exact) mass is 466 g/mol. The van der Waals surface area contributed by atoms with Crippen molar-refractivity contribution in [3.8, 4) is 11.5 Å². The van der Waals surface area contributed by atoms with E-state index < -0.39 is 12.2 Å². The molecule has 2 rings (SSSR count). The molecule has 2 aromatic carbocycles. The number of nitrogens with one attached hydrogen (secondary N) is 2. The SMILES string of the molecule is Cc1cc(Cl)ccc1OC(C)C(=O)NCCCNC(=O)C(C)Oc1ccc(Cl)cc1C. The zero-order valence-corrected chi connectivity index (χ0v) is 19.6. The van der Waals surface area contributed by atoms with Crippen LogP contribution in [0.3, 0.4) is 0 Å². The average molecular weight is 467 g/mol. The summed E-state index contributed by atoms with van der Waals surface area (Å²) in [6, 6.07) is 10.5. The molecule has 0 heterocycles. The highest BCUT2D eigenvalue weighted by Crippen LogP contribution is 2.23. The molecule has 6 nitrogen and oxygen atoms in total. The van der Waals surface area contributed by atoms with Crippen LogP contribution in [0.4, 0.5) is 0 Å². The Bertz CT molecular complexity index is 847. The number of hydrogen-bond donors (Lipinski definition) is 2. The summed E-state index contributed by atoms with van der Waals surface area (Å²) >= 11 is 11.9. The van der Waals surface area contributed by atoms with Crippen molar-refractivity contribution >= 4 is 35.0 Å². The van der Waals surface area contributed by atoms with E-state index in [1.165, 1.54) is 0 Å². The number of benzene rings is 2. The normalized spacial score (nSPS) is 12.6. The van der Waals surface area contributed by atoms with Gasteiger partial charge in [0.15, 0.2) is 12.2 Å². The maximum absolute atomic E-state index is 12.2. The molecule has 2 atom stereocenters. The molecule has 0 bridgehead atoms. The number of hydrogen-bond acceptors (Lipinski definition) is 4. The van der Waals surface area contributed by atoms with Gasteiger partial charge in [0, 0.05) is 23.1 Å². The van der Waals surface area contributed by atoms with Crippen molar-refractivity contribution in [3.63, 3.8) is 0 Å². The van der Waals surface area contributed by atoms with E-state index >= 15 is 0 Å². The summed E-state index contributed by atoms with van der Waals surface area (Å²) in [6.45, 7) is 7.93. The second-order valence-corrected chi connectivity index (χ2v) is 8.15. The minimum absolute atomic E-state index is 0.226. The van der Waals surface area contributed by atoms with E-state index in [-0.39, 0.29) is 11.8 Å². The van der Waals surface area contributed by atoms with Crippen molar-refractivity contribution in [2.75, 3.05) is 13.1 Å². The van der Waals surface area contributed by atoms with Crippen molar-refractivity contribution < 1.29 is 19.1 Å². The summed E-state index contributed by atoms with van der Waals surface area (Å²) in [4.78, 5) is 24.4. The second kappa shape index (κ2) is 11.8. The molecule has 0 aromatic heterocycles. The fourth-order valence-corrected chi connectivity index (χ4v) is 3.23. The van der Waals surface area contributed by atoms with Gasteiger partial charge in [-0.25, -0.2) is 0 Å². The van der Waals surface area contributed by atoms with Crippen molar-refractivity contribution in [2.45, 2.75) is 46.3 Å². The van der Waals surface area contributed by atoms with Crippen LogP contribution in [-0.2, 0) is 9.59 Å². The maximum Gasteiger partial charge on any atom is 0.260 e.